The normalized spacial score (nSPS) is 12.3. The van der Waals surface area contributed by atoms with E-state index in [1.54, 1.807) is 0 Å². The van der Waals surface area contributed by atoms with E-state index in [2.05, 4.69) is 48.6 Å². The van der Waals surface area contributed by atoms with Gasteiger partial charge >= 0.3 is 0 Å². The minimum absolute atomic E-state index is 0.291. The number of hydrogen-bond acceptors (Lipinski definition) is 1. The highest BCUT2D eigenvalue weighted by molar-refractivity contribution is 9.09. The van der Waals surface area contributed by atoms with Crippen molar-refractivity contribution in [2.45, 2.75) is 90.5 Å². The summed E-state index contributed by atoms with van der Waals surface area (Å²) in [7, 11) is 2.25. The van der Waals surface area contributed by atoms with Crippen molar-refractivity contribution in [3.63, 3.8) is 0 Å². The third-order valence-corrected chi connectivity index (χ3v) is 5.58. The Balaban J connectivity index is 3.27. The maximum Gasteiger partial charge on any atom is 0.0246 e. The Morgan fingerprint density at radius 3 is 1.63 bits per heavy atom. The highest BCUT2D eigenvalue weighted by atomic mass is 79.9. The third kappa shape index (κ3) is 10.8. The molecule has 19 heavy (non-hydrogen) atoms. The van der Waals surface area contributed by atoms with Crippen LogP contribution in [-0.2, 0) is 0 Å². The lowest BCUT2D eigenvalue weighted by atomic mass is 10.0. The van der Waals surface area contributed by atoms with Gasteiger partial charge in [-0.3, -0.25) is 0 Å². The summed E-state index contributed by atoms with van der Waals surface area (Å²) < 4.78 is 0. The van der Waals surface area contributed by atoms with Gasteiger partial charge in [0.1, 0.15) is 0 Å². The zero-order valence-corrected chi connectivity index (χ0v) is 15.4. The monoisotopic (exact) mass is 333 g/mol. The zero-order valence-electron chi connectivity index (χ0n) is 13.8. The quantitative estimate of drug-likeness (QED) is 0.294. The van der Waals surface area contributed by atoms with Crippen LogP contribution in [0.4, 0.5) is 0 Å². The molecular weight excluding hydrogens is 298 g/mol. The molecule has 0 radical (unpaired) electrons. The van der Waals surface area contributed by atoms with E-state index in [4.69, 9.17) is 0 Å². The molecule has 0 N–H and O–H groups in total. The SMILES string of the molecule is CCCCCCCCCCCCN(C)C(C)(C)CBr. The summed E-state index contributed by atoms with van der Waals surface area (Å²) in [5.74, 6) is 0. The Hall–Kier alpha value is 0.440. The highest BCUT2D eigenvalue weighted by Gasteiger charge is 2.20. The molecule has 0 rings (SSSR count). The Labute approximate surface area is 130 Å². The molecule has 0 aromatic heterocycles. The fourth-order valence-electron chi connectivity index (χ4n) is 2.24. The van der Waals surface area contributed by atoms with E-state index in [9.17, 15) is 0 Å². The number of alkyl halides is 1. The van der Waals surface area contributed by atoms with Crippen LogP contribution in [0, 0.1) is 0 Å². The first-order chi connectivity index (χ1) is 9.04. The first kappa shape index (κ1) is 19.4. The van der Waals surface area contributed by atoms with Crippen molar-refractivity contribution in [3.05, 3.63) is 0 Å². The molecule has 0 saturated heterocycles. The first-order valence-electron chi connectivity index (χ1n) is 8.31. The molecule has 0 spiro atoms. The molecule has 0 fully saturated rings. The van der Waals surface area contributed by atoms with Gasteiger partial charge in [0, 0.05) is 10.9 Å². The third-order valence-electron chi connectivity index (χ3n) is 4.21. The summed E-state index contributed by atoms with van der Waals surface area (Å²) >= 11 is 3.60. The van der Waals surface area contributed by atoms with Crippen LogP contribution in [0.5, 0.6) is 0 Å². The van der Waals surface area contributed by atoms with Crippen LogP contribution >= 0.6 is 15.9 Å². The minimum atomic E-state index is 0.291. The van der Waals surface area contributed by atoms with Crippen molar-refractivity contribution in [1.82, 2.24) is 4.90 Å². The second kappa shape index (κ2) is 12.2. The predicted molar refractivity (Wildman–Crippen MR) is 92.3 cm³/mol. The number of halogens is 1. The van der Waals surface area contributed by atoms with E-state index in [1.807, 2.05) is 0 Å². The van der Waals surface area contributed by atoms with Crippen LogP contribution in [0.2, 0.25) is 0 Å². The molecule has 0 aliphatic heterocycles. The smallest absolute Gasteiger partial charge is 0.0246 e. The van der Waals surface area contributed by atoms with Crippen LogP contribution in [0.3, 0.4) is 0 Å². The lowest BCUT2D eigenvalue weighted by molar-refractivity contribution is 0.178. The molecule has 0 bridgehead atoms. The molecule has 0 amide bonds. The second-order valence-corrected chi connectivity index (χ2v) is 7.11. The average molecular weight is 334 g/mol. The standard InChI is InChI=1S/C17H36BrN/c1-5-6-7-8-9-10-11-12-13-14-15-19(4)17(2,3)16-18/h5-16H2,1-4H3. The van der Waals surface area contributed by atoms with Crippen LogP contribution < -0.4 is 0 Å². The van der Waals surface area contributed by atoms with Gasteiger partial charge in [-0.1, -0.05) is 80.6 Å². The second-order valence-electron chi connectivity index (χ2n) is 6.55. The molecule has 0 aliphatic carbocycles. The lowest BCUT2D eigenvalue weighted by Crippen LogP contribution is -2.43. The first-order valence-corrected chi connectivity index (χ1v) is 9.44. The van der Waals surface area contributed by atoms with Crippen molar-refractivity contribution < 1.29 is 0 Å². The van der Waals surface area contributed by atoms with Gasteiger partial charge in [0.05, 0.1) is 0 Å². The summed E-state index contributed by atoms with van der Waals surface area (Å²) in [5.41, 5.74) is 0.291. The lowest BCUT2D eigenvalue weighted by Gasteiger charge is -2.34. The van der Waals surface area contributed by atoms with Gasteiger partial charge in [-0.05, 0) is 33.9 Å². The molecule has 0 heterocycles. The van der Waals surface area contributed by atoms with E-state index in [0.29, 0.717) is 5.54 Å². The molecule has 0 aliphatic rings. The van der Waals surface area contributed by atoms with E-state index in [-0.39, 0.29) is 0 Å². The fourth-order valence-corrected chi connectivity index (χ4v) is 2.67. The van der Waals surface area contributed by atoms with E-state index >= 15 is 0 Å². The summed E-state index contributed by atoms with van der Waals surface area (Å²) in [6, 6.07) is 0. The Morgan fingerprint density at radius 2 is 1.21 bits per heavy atom. The van der Waals surface area contributed by atoms with Crippen molar-refractivity contribution in [1.29, 1.82) is 0 Å². The molecule has 116 valence electrons. The largest absolute Gasteiger partial charge is 0.300 e. The predicted octanol–water partition coefficient (Wildman–Crippen LogP) is 6.01. The topological polar surface area (TPSA) is 3.24 Å². The summed E-state index contributed by atoms with van der Waals surface area (Å²) in [6.45, 7) is 8.12. The van der Waals surface area contributed by atoms with Gasteiger partial charge in [-0.25, -0.2) is 0 Å². The van der Waals surface area contributed by atoms with E-state index in [0.717, 1.165) is 5.33 Å². The molecule has 1 nitrogen and oxygen atoms in total. The molecule has 0 aromatic carbocycles. The molecule has 2 heteroatoms. The Kier molecular flexibility index (Phi) is 12.5. The van der Waals surface area contributed by atoms with Crippen molar-refractivity contribution in [3.8, 4) is 0 Å². The van der Waals surface area contributed by atoms with Gasteiger partial charge in [-0.15, -0.1) is 0 Å². The van der Waals surface area contributed by atoms with Crippen LogP contribution in [0.25, 0.3) is 0 Å². The fraction of sp³-hybridized carbons (Fsp3) is 1.00. The number of hydrogen-bond donors (Lipinski definition) is 0. The maximum atomic E-state index is 3.60. The zero-order chi connectivity index (χ0) is 14.6. The molecule has 0 aromatic rings. The van der Waals surface area contributed by atoms with Crippen molar-refractivity contribution in [2.24, 2.45) is 0 Å². The van der Waals surface area contributed by atoms with Gasteiger partial charge in [0.25, 0.3) is 0 Å². The van der Waals surface area contributed by atoms with Gasteiger partial charge in [0.2, 0.25) is 0 Å². The number of nitrogens with zero attached hydrogens (tertiary/aromatic N) is 1. The minimum Gasteiger partial charge on any atom is -0.300 e. The number of rotatable bonds is 13. The molecule has 0 saturated carbocycles. The Bertz CT molecular complexity index is 192. The van der Waals surface area contributed by atoms with Crippen LogP contribution in [0.15, 0.2) is 0 Å². The Morgan fingerprint density at radius 1 is 0.789 bits per heavy atom. The number of unbranched alkanes of at least 4 members (excludes halogenated alkanes) is 9. The summed E-state index contributed by atoms with van der Waals surface area (Å²) in [5, 5.41) is 1.05. The van der Waals surface area contributed by atoms with Crippen molar-refractivity contribution in [2.75, 3.05) is 18.9 Å². The summed E-state index contributed by atoms with van der Waals surface area (Å²) in [4.78, 5) is 2.48. The van der Waals surface area contributed by atoms with Crippen LogP contribution in [-0.4, -0.2) is 29.4 Å². The van der Waals surface area contributed by atoms with Crippen LogP contribution in [0.1, 0.15) is 85.0 Å². The summed E-state index contributed by atoms with van der Waals surface area (Å²) in [6.07, 6.45) is 14.2. The van der Waals surface area contributed by atoms with Gasteiger partial charge in [0.15, 0.2) is 0 Å². The average Bonchev–Trinajstić information content (AvgIpc) is 2.40. The van der Waals surface area contributed by atoms with E-state index in [1.165, 1.54) is 70.8 Å². The molecule has 0 atom stereocenters. The van der Waals surface area contributed by atoms with Crippen molar-refractivity contribution >= 4 is 15.9 Å². The maximum absolute atomic E-state index is 3.60. The molecular formula is C17H36BrN. The molecule has 0 unspecified atom stereocenters. The van der Waals surface area contributed by atoms with Gasteiger partial charge in [-0.2, -0.15) is 0 Å². The van der Waals surface area contributed by atoms with E-state index < -0.39 is 0 Å². The highest BCUT2D eigenvalue weighted by Crippen LogP contribution is 2.16. The van der Waals surface area contributed by atoms with Gasteiger partial charge < -0.3 is 4.90 Å².